The standard InChI is InChI=1S/C17H25FN6/c1-17(2,3)24-16(19-20-21-24)15(13-5-7-14(18)8-6-13)23-11-9-22(4)10-12-23/h5-8,15H,9-12H2,1-4H3. The third-order valence-corrected chi connectivity index (χ3v) is 4.46. The first-order valence-corrected chi connectivity index (χ1v) is 8.33. The molecule has 0 amide bonds. The molecule has 0 saturated carbocycles. The Hall–Kier alpha value is -1.86. The van der Waals surface area contributed by atoms with E-state index in [0.717, 1.165) is 37.6 Å². The second-order valence-electron chi connectivity index (χ2n) is 7.41. The molecule has 0 spiro atoms. The van der Waals surface area contributed by atoms with Gasteiger partial charge in [0.2, 0.25) is 0 Å². The molecule has 2 heterocycles. The van der Waals surface area contributed by atoms with Crippen molar-refractivity contribution in [3.63, 3.8) is 0 Å². The molecule has 1 aromatic carbocycles. The van der Waals surface area contributed by atoms with E-state index >= 15 is 0 Å². The number of hydrogen-bond acceptors (Lipinski definition) is 5. The molecule has 7 heteroatoms. The van der Waals surface area contributed by atoms with Gasteiger partial charge in [-0.15, -0.1) is 5.10 Å². The predicted octanol–water partition coefficient (Wildman–Crippen LogP) is 1.90. The summed E-state index contributed by atoms with van der Waals surface area (Å²) in [7, 11) is 2.13. The highest BCUT2D eigenvalue weighted by Crippen LogP contribution is 2.30. The normalized spacial score (nSPS) is 18.7. The van der Waals surface area contributed by atoms with E-state index in [-0.39, 0.29) is 17.4 Å². The van der Waals surface area contributed by atoms with Crippen LogP contribution >= 0.6 is 0 Å². The zero-order valence-corrected chi connectivity index (χ0v) is 14.8. The minimum Gasteiger partial charge on any atom is -0.304 e. The Morgan fingerprint density at radius 3 is 2.25 bits per heavy atom. The largest absolute Gasteiger partial charge is 0.304 e. The zero-order chi connectivity index (χ0) is 17.3. The van der Waals surface area contributed by atoms with Crippen LogP contribution in [-0.2, 0) is 5.54 Å². The van der Waals surface area contributed by atoms with Crippen molar-refractivity contribution in [2.75, 3.05) is 33.2 Å². The monoisotopic (exact) mass is 332 g/mol. The molecule has 1 saturated heterocycles. The second-order valence-corrected chi connectivity index (χ2v) is 7.41. The molecule has 1 aliphatic heterocycles. The van der Waals surface area contributed by atoms with Crippen molar-refractivity contribution in [3.8, 4) is 0 Å². The second kappa shape index (κ2) is 6.57. The van der Waals surface area contributed by atoms with E-state index in [0.29, 0.717) is 0 Å². The Morgan fingerprint density at radius 2 is 1.67 bits per heavy atom. The van der Waals surface area contributed by atoms with E-state index in [9.17, 15) is 4.39 Å². The van der Waals surface area contributed by atoms with Crippen molar-refractivity contribution >= 4 is 0 Å². The molecule has 3 rings (SSSR count). The first-order chi connectivity index (χ1) is 11.4. The highest BCUT2D eigenvalue weighted by molar-refractivity contribution is 5.26. The summed E-state index contributed by atoms with van der Waals surface area (Å²) in [5.41, 5.74) is 0.796. The van der Waals surface area contributed by atoms with E-state index in [1.165, 1.54) is 12.1 Å². The first kappa shape index (κ1) is 17.0. The predicted molar refractivity (Wildman–Crippen MR) is 90.1 cm³/mol. The lowest BCUT2D eigenvalue weighted by Crippen LogP contribution is -2.47. The van der Waals surface area contributed by atoms with E-state index in [1.807, 2.05) is 16.8 Å². The van der Waals surface area contributed by atoms with Crippen molar-refractivity contribution in [1.29, 1.82) is 0 Å². The number of piperazine rings is 1. The summed E-state index contributed by atoms with van der Waals surface area (Å²) in [4.78, 5) is 4.69. The molecule has 1 unspecified atom stereocenters. The summed E-state index contributed by atoms with van der Waals surface area (Å²) in [6.07, 6.45) is 0. The average molecular weight is 332 g/mol. The molecule has 1 fully saturated rings. The highest BCUT2D eigenvalue weighted by atomic mass is 19.1. The lowest BCUT2D eigenvalue weighted by molar-refractivity contribution is 0.118. The molecule has 6 nitrogen and oxygen atoms in total. The molecular weight excluding hydrogens is 307 g/mol. The van der Waals surface area contributed by atoms with E-state index in [2.05, 4.69) is 53.1 Å². The Morgan fingerprint density at radius 1 is 1.04 bits per heavy atom. The van der Waals surface area contributed by atoms with Crippen molar-refractivity contribution < 1.29 is 4.39 Å². The number of tetrazole rings is 1. The topological polar surface area (TPSA) is 50.1 Å². The van der Waals surface area contributed by atoms with Gasteiger partial charge in [-0.05, 0) is 55.9 Å². The summed E-state index contributed by atoms with van der Waals surface area (Å²) < 4.78 is 15.3. The number of hydrogen-bond donors (Lipinski definition) is 0. The summed E-state index contributed by atoms with van der Waals surface area (Å²) in [5.74, 6) is 0.574. The van der Waals surface area contributed by atoms with E-state index in [1.54, 1.807) is 0 Å². The first-order valence-electron chi connectivity index (χ1n) is 8.33. The number of nitrogens with zero attached hydrogens (tertiary/aromatic N) is 6. The molecule has 130 valence electrons. The Labute approximate surface area is 142 Å². The van der Waals surface area contributed by atoms with Gasteiger partial charge in [0.15, 0.2) is 5.82 Å². The van der Waals surface area contributed by atoms with Crippen LogP contribution in [0.4, 0.5) is 4.39 Å². The van der Waals surface area contributed by atoms with Crippen LogP contribution in [0.15, 0.2) is 24.3 Å². The van der Waals surface area contributed by atoms with Crippen LogP contribution in [0, 0.1) is 5.82 Å². The number of likely N-dealkylation sites (N-methyl/N-ethyl adjacent to an activating group) is 1. The third kappa shape index (κ3) is 3.47. The van der Waals surface area contributed by atoms with Crippen molar-refractivity contribution in [1.82, 2.24) is 30.0 Å². The summed E-state index contributed by atoms with van der Waals surface area (Å²) in [6.45, 7) is 10.1. The lowest BCUT2D eigenvalue weighted by atomic mass is 10.0. The van der Waals surface area contributed by atoms with Crippen LogP contribution in [0.1, 0.15) is 38.2 Å². The number of halogens is 1. The van der Waals surface area contributed by atoms with Gasteiger partial charge in [-0.2, -0.15) is 0 Å². The number of aromatic nitrogens is 4. The summed E-state index contributed by atoms with van der Waals surface area (Å²) in [6, 6.07) is 6.60. The molecule has 0 aliphatic carbocycles. The van der Waals surface area contributed by atoms with Crippen LogP contribution in [0.25, 0.3) is 0 Å². The number of benzene rings is 1. The van der Waals surface area contributed by atoms with Gasteiger partial charge >= 0.3 is 0 Å². The maximum atomic E-state index is 13.4. The fourth-order valence-corrected chi connectivity index (χ4v) is 3.09. The molecule has 2 aromatic rings. The Kier molecular flexibility index (Phi) is 4.64. The van der Waals surface area contributed by atoms with Gasteiger partial charge in [0, 0.05) is 26.2 Å². The molecular formula is C17H25FN6. The maximum Gasteiger partial charge on any atom is 0.173 e. The molecule has 24 heavy (non-hydrogen) atoms. The Bertz CT molecular complexity index is 667. The Balaban J connectivity index is 2.02. The fraction of sp³-hybridized carbons (Fsp3) is 0.588. The van der Waals surface area contributed by atoms with E-state index in [4.69, 9.17) is 0 Å². The van der Waals surface area contributed by atoms with Gasteiger partial charge in [-0.1, -0.05) is 12.1 Å². The van der Waals surface area contributed by atoms with Gasteiger partial charge in [0.25, 0.3) is 0 Å². The van der Waals surface area contributed by atoms with Crippen molar-refractivity contribution in [3.05, 3.63) is 41.5 Å². The van der Waals surface area contributed by atoms with Gasteiger partial charge in [0.1, 0.15) is 5.82 Å². The lowest BCUT2D eigenvalue weighted by Gasteiger charge is -2.38. The van der Waals surface area contributed by atoms with Crippen LogP contribution in [0.3, 0.4) is 0 Å². The molecule has 1 atom stereocenters. The molecule has 0 N–H and O–H groups in total. The quantitative estimate of drug-likeness (QED) is 0.859. The molecule has 0 radical (unpaired) electrons. The van der Waals surface area contributed by atoms with Gasteiger partial charge in [-0.3, -0.25) is 4.90 Å². The van der Waals surface area contributed by atoms with E-state index < -0.39 is 0 Å². The van der Waals surface area contributed by atoms with Crippen LogP contribution in [0.5, 0.6) is 0 Å². The maximum absolute atomic E-state index is 13.4. The molecule has 1 aromatic heterocycles. The van der Waals surface area contributed by atoms with Crippen molar-refractivity contribution in [2.45, 2.75) is 32.4 Å². The highest BCUT2D eigenvalue weighted by Gasteiger charge is 2.32. The minimum atomic E-state index is -0.230. The SMILES string of the molecule is CN1CCN(C(c2ccc(F)cc2)c2nnnn2C(C)(C)C)CC1. The minimum absolute atomic E-state index is 0.0754. The third-order valence-electron chi connectivity index (χ3n) is 4.46. The van der Waals surface area contributed by atoms with Crippen molar-refractivity contribution in [2.24, 2.45) is 0 Å². The van der Waals surface area contributed by atoms with Crippen LogP contribution in [0.2, 0.25) is 0 Å². The average Bonchev–Trinajstić information content (AvgIpc) is 3.01. The number of rotatable bonds is 3. The van der Waals surface area contributed by atoms with Crippen LogP contribution < -0.4 is 0 Å². The van der Waals surface area contributed by atoms with Crippen LogP contribution in [-0.4, -0.2) is 63.2 Å². The summed E-state index contributed by atoms with van der Waals surface area (Å²) in [5, 5.41) is 12.4. The summed E-state index contributed by atoms with van der Waals surface area (Å²) >= 11 is 0. The van der Waals surface area contributed by atoms with Gasteiger partial charge in [0.05, 0.1) is 11.6 Å². The fourth-order valence-electron chi connectivity index (χ4n) is 3.09. The van der Waals surface area contributed by atoms with Gasteiger partial charge in [-0.25, -0.2) is 9.07 Å². The molecule has 0 bridgehead atoms. The van der Waals surface area contributed by atoms with Gasteiger partial charge < -0.3 is 4.90 Å². The molecule has 1 aliphatic rings. The zero-order valence-electron chi connectivity index (χ0n) is 14.8. The smallest absolute Gasteiger partial charge is 0.173 e.